The SMILES string of the molecule is Cc1cccn2c(C(C)C(N)=S)c(-c3cccc([N+](=O)[O-])c3)nc12. The van der Waals surface area contributed by atoms with E-state index >= 15 is 0 Å². The first-order chi connectivity index (χ1) is 11.4. The summed E-state index contributed by atoms with van der Waals surface area (Å²) < 4.78 is 1.95. The van der Waals surface area contributed by atoms with Crippen LogP contribution in [0.4, 0.5) is 5.69 Å². The highest BCUT2D eigenvalue weighted by Crippen LogP contribution is 2.32. The van der Waals surface area contributed by atoms with Crippen LogP contribution in [0.3, 0.4) is 0 Å². The normalized spacial score (nSPS) is 12.2. The molecule has 0 fully saturated rings. The van der Waals surface area contributed by atoms with Crippen molar-refractivity contribution in [3.63, 3.8) is 0 Å². The molecule has 1 atom stereocenters. The Balaban J connectivity index is 2.33. The Kier molecular flexibility index (Phi) is 4.02. The predicted molar refractivity (Wildman–Crippen MR) is 97.2 cm³/mol. The Morgan fingerprint density at radius 1 is 1.38 bits per heavy atom. The summed E-state index contributed by atoms with van der Waals surface area (Å²) in [5.74, 6) is -0.217. The molecule has 0 saturated carbocycles. The number of hydrogen-bond acceptors (Lipinski definition) is 4. The number of aromatic nitrogens is 2. The van der Waals surface area contributed by atoms with Gasteiger partial charge in [0.1, 0.15) is 5.65 Å². The molecule has 0 radical (unpaired) electrons. The monoisotopic (exact) mass is 340 g/mol. The first-order valence-electron chi connectivity index (χ1n) is 7.42. The van der Waals surface area contributed by atoms with Crippen LogP contribution in [0.15, 0.2) is 42.6 Å². The van der Waals surface area contributed by atoms with Crippen molar-refractivity contribution >= 4 is 28.5 Å². The number of imidazole rings is 1. The Hall–Kier alpha value is -2.80. The van der Waals surface area contributed by atoms with Crippen molar-refractivity contribution < 1.29 is 4.92 Å². The van der Waals surface area contributed by atoms with Crippen LogP contribution in [-0.4, -0.2) is 19.3 Å². The predicted octanol–water partition coefficient (Wildman–Crippen LogP) is 3.61. The number of aryl methyl sites for hydroxylation is 1. The molecular weight excluding hydrogens is 324 g/mol. The largest absolute Gasteiger partial charge is 0.393 e. The first-order valence-corrected chi connectivity index (χ1v) is 7.82. The second kappa shape index (κ2) is 6.01. The molecule has 2 N–H and O–H groups in total. The second-order valence-electron chi connectivity index (χ2n) is 5.66. The van der Waals surface area contributed by atoms with Crippen LogP contribution in [-0.2, 0) is 0 Å². The number of nitro benzene ring substituents is 1. The van der Waals surface area contributed by atoms with Crippen LogP contribution < -0.4 is 5.73 Å². The van der Waals surface area contributed by atoms with E-state index in [9.17, 15) is 10.1 Å². The van der Waals surface area contributed by atoms with Gasteiger partial charge in [0.25, 0.3) is 5.69 Å². The summed E-state index contributed by atoms with van der Waals surface area (Å²) in [4.78, 5) is 15.7. The number of nitrogens with zero attached hydrogens (tertiary/aromatic N) is 3. The molecule has 1 aromatic carbocycles. The minimum absolute atomic E-state index is 0.0233. The molecule has 0 aliphatic rings. The molecule has 24 heavy (non-hydrogen) atoms. The Morgan fingerprint density at radius 3 is 2.79 bits per heavy atom. The molecule has 0 amide bonds. The average molecular weight is 340 g/mol. The van der Waals surface area contributed by atoms with Gasteiger partial charge < -0.3 is 10.1 Å². The summed E-state index contributed by atoms with van der Waals surface area (Å²) in [6, 6.07) is 10.3. The molecule has 6 nitrogen and oxygen atoms in total. The van der Waals surface area contributed by atoms with Gasteiger partial charge in [-0.2, -0.15) is 0 Å². The molecule has 0 spiro atoms. The quantitative estimate of drug-likeness (QED) is 0.445. The van der Waals surface area contributed by atoms with E-state index in [1.807, 2.05) is 36.6 Å². The lowest BCUT2D eigenvalue weighted by Gasteiger charge is -2.12. The molecule has 0 aliphatic heterocycles. The van der Waals surface area contributed by atoms with Gasteiger partial charge in [-0.1, -0.05) is 37.3 Å². The molecule has 2 heterocycles. The third-order valence-electron chi connectivity index (χ3n) is 4.05. The summed E-state index contributed by atoms with van der Waals surface area (Å²) in [5, 5.41) is 11.1. The standard InChI is InChI=1S/C17H16N4O2S/c1-10-5-4-8-20-15(11(2)16(18)24)14(19-17(10)20)12-6-3-7-13(9-12)21(22)23/h3-9,11H,1-2H3,(H2,18,24). The number of rotatable bonds is 4. The zero-order valence-corrected chi connectivity index (χ0v) is 14.1. The Morgan fingerprint density at radius 2 is 2.12 bits per heavy atom. The van der Waals surface area contributed by atoms with Crippen molar-refractivity contribution in [2.24, 2.45) is 5.73 Å². The van der Waals surface area contributed by atoms with Gasteiger partial charge in [-0.05, 0) is 18.6 Å². The maximum absolute atomic E-state index is 11.1. The summed E-state index contributed by atoms with van der Waals surface area (Å²) >= 11 is 5.17. The minimum Gasteiger partial charge on any atom is -0.393 e. The lowest BCUT2D eigenvalue weighted by molar-refractivity contribution is -0.384. The van der Waals surface area contributed by atoms with Crippen LogP contribution in [0.5, 0.6) is 0 Å². The highest BCUT2D eigenvalue weighted by Gasteiger charge is 2.22. The maximum atomic E-state index is 11.1. The summed E-state index contributed by atoms with van der Waals surface area (Å²) in [6.07, 6.45) is 1.90. The lowest BCUT2D eigenvalue weighted by Crippen LogP contribution is -2.18. The molecule has 0 bridgehead atoms. The molecular formula is C17H16N4O2S. The van der Waals surface area contributed by atoms with Crippen LogP contribution in [0.1, 0.15) is 24.1 Å². The number of benzene rings is 1. The van der Waals surface area contributed by atoms with E-state index in [0.717, 1.165) is 16.9 Å². The average Bonchev–Trinajstić information content (AvgIpc) is 2.95. The third-order valence-corrected chi connectivity index (χ3v) is 4.40. The zero-order chi connectivity index (χ0) is 17.4. The molecule has 1 unspecified atom stereocenters. The van der Waals surface area contributed by atoms with Gasteiger partial charge >= 0.3 is 0 Å². The van der Waals surface area contributed by atoms with Crippen LogP contribution >= 0.6 is 12.2 Å². The lowest BCUT2D eigenvalue weighted by atomic mass is 10.0. The van der Waals surface area contributed by atoms with Gasteiger partial charge in [-0.3, -0.25) is 10.1 Å². The fraction of sp³-hybridized carbons (Fsp3) is 0.176. The molecule has 7 heteroatoms. The summed E-state index contributed by atoms with van der Waals surface area (Å²) in [7, 11) is 0. The van der Waals surface area contributed by atoms with Gasteiger partial charge in [0.2, 0.25) is 0 Å². The molecule has 122 valence electrons. The summed E-state index contributed by atoms with van der Waals surface area (Å²) in [5.41, 5.74) is 9.85. The fourth-order valence-corrected chi connectivity index (χ4v) is 2.86. The van der Waals surface area contributed by atoms with E-state index in [-0.39, 0.29) is 11.6 Å². The molecule has 2 aromatic heterocycles. The number of fused-ring (bicyclic) bond motifs is 1. The number of non-ortho nitro benzene ring substituents is 1. The van der Waals surface area contributed by atoms with E-state index < -0.39 is 4.92 Å². The van der Waals surface area contributed by atoms with Crippen molar-refractivity contribution in [3.05, 3.63) is 64.0 Å². The third kappa shape index (κ3) is 2.63. The van der Waals surface area contributed by atoms with E-state index in [2.05, 4.69) is 0 Å². The van der Waals surface area contributed by atoms with Crippen LogP contribution in [0, 0.1) is 17.0 Å². The highest BCUT2D eigenvalue weighted by molar-refractivity contribution is 7.80. The number of nitro groups is 1. The topological polar surface area (TPSA) is 86.5 Å². The minimum atomic E-state index is -0.415. The van der Waals surface area contributed by atoms with E-state index in [4.69, 9.17) is 22.9 Å². The highest BCUT2D eigenvalue weighted by atomic mass is 32.1. The maximum Gasteiger partial charge on any atom is 0.270 e. The molecule has 3 rings (SSSR count). The number of thiocarbonyl (C=S) groups is 1. The van der Waals surface area contributed by atoms with E-state index in [0.29, 0.717) is 16.2 Å². The second-order valence-corrected chi connectivity index (χ2v) is 6.13. The van der Waals surface area contributed by atoms with Crippen molar-refractivity contribution in [1.29, 1.82) is 0 Å². The van der Waals surface area contributed by atoms with Gasteiger partial charge in [0.15, 0.2) is 0 Å². The molecule has 3 aromatic rings. The first kappa shape index (κ1) is 16.1. The van der Waals surface area contributed by atoms with Crippen molar-refractivity contribution in [1.82, 2.24) is 9.38 Å². The van der Waals surface area contributed by atoms with Crippen LogP contribution in [0.25, 0.3) is 16.9 Å². The molecule has 0 aliphatic carbocycles. The smallest absolute Gasteiger partial charge is 0.270 e. The number of hydrogen-bond donors (Lipinski definition) is 1. The zero-order valence-electron chi connectivity index (χ0n) is 13.3. The van der Waals surface area contributed by atoms with Gasteiger partial charge in [-0.15, -0.1) is 0 Å². The van der Waals surface area contributed by atoms with Crippen LogP contribution in [0.2, 0.25) is 0 Å². The summed E-state index contributed by atoms with van der Waals surface area (Å²) in [6.45, 7) is 3.88. The molecule has 0 saturated heterocycles. The number of nitrogens with two attached hydrogens (primary N) is 1. The van der Waals surface area contributed by atoms with Gasteiger partial charge in [-0.25, -0.2) is 4.98 Å². The van der Waals surface area contributed by atoms with E-state index in [1.54, 1.807) is 12.1 Å². The van der Waals surface area contributed by atoms with E-state index in [1.165, 1.54) is 12.1 Å². The van der Waals surface area contributed by atoms with Crippen molar-refractivity contribution in [3.8, 4) is 11.3 Å². The van der Waals surface area contributed by atoms with Crippen molar-refractivity contribution in [2.45, 2.75) is 19.8 Å². The number of pyridine rings is 1. The van der Waals surface area contributed by atoms with Crippen molar-refractivity contribution in [2.75, 3.05) is 0 Å². The van der Waals surface area contributed by atoms with Gasteiger partial charge in [0.05, 0.1) is 21.3 Å². The van der Waals surface area contributed by atoms with Gasteiger partial charge in [0, 0.05) is 29.8 Å². The Labute approximate surface area is 144 Å². The Bertz CT molecular complexity index is 964. The fourth-order valence-electron chi connectivity index (χ4n) is 2.75.